The van der Waals surface area contributed by atoms with Crippen LogP contribution >= 0.6 is 0 Å². The maximum absolute atomic E-state index is 12.8. The van der Waals surface area contributed by atoms with Gasteiger partial charge in [-0.05, 0) is 60.2 Å². The first kappa shape index (κ1) is 24.5. The lowest BCUT2D eigenvalue weighted by molar-refractivity contribution is 0.435. The zero-order chi connectivity index (χ0) is 26.9. The van der Waals surface area contributed by atoms with Crippen molar-refractivity contribution in [3.63, 3.8) is 0 Å². The molecule has 5 N–H and O–H groups in total. The van der Waals surface area contributed by atoms with Gasteiger partial charge in [0, 0.05) is 16.8 Å². The second-order valence-corrected chi connectivity index (χ2v) is 9.91. The quantitative estimate of drug-likeness (QED) is 0.228. The van der Waals surface area contributed by atoms with Crippen LogP contribution in [0.1, 0.15) is 16.8 Å². The van der Waals surface area contributed by atoms with Gasteiger partial charge in [0.25, 0.3) is 15.6 Å². The van der Waals surface area contributed by atoms with Crippen LogP contribution in [0.2, 0.25) is 0 Å². The molecule has 0 spiro atoms. The predicted molar refractivity (Wildman–Crippen MR) is 143 cm³/mol. The highest BCUT2D eigenvalue weighted by atomic mass is 32.2. The fourth-order valence-electron chi connectivity index (χ4n) is 3.64. The van der Waals surface area contributed by atoms with Gasteiger partial charge in [-0.2, -0.15) is 4.68 Å². The molecular weight excluding hydrogens is 510 g/mol. The first-order valence-electron chi connectivity index (χ1n) is 11.2. The van der Waals surface area contributed by atoms with Crippen LogP contribution in [-0.2, 0) is 10.0 Å². The van der Waals surface area contributed by atoms with Crippen molar-refractivity contribution in [2.75, 3.05) is 15.9 Å². The molecule has 0 atom stereocenters. The van der Waals surface area contributed by atoms with Crippen LogP contribution in [0, 0.1) is 6.92 Å². The highest BCUT2D eigenvalue weighted by molar-refractivity contribution is 7.92. The average Bonchev–Trinajstić information content (AvgIpc) is 3.31. The van der Waals surface area contributed by atoms with Crippen molar-refractivity contribution in [1.82, 2.24) is 20.0 Å². The number of nitrogens with two attached hydrogens (primary N) is 1. The molecule has 0 unspecified atom stereocenters. The topological polar surface area (TPSA) is 178 Å². The third-order valence-corrected chi connectivity index (χ3v) is 7.02. The minimum atomic E-state index is -3.91. The highest BCUT2D eigenvalue weighted by Gasteiger charge is 2.18. The fraction of sp³-hybridized carbons (Fsp3) is 0.0400. The number of aromatic hydroxyl groups is 1. The average molecular weight is 532 g/mol. The van der Waals surface area contributed by atoms with E-state index in [0.717, 1.165) is 15.4 Å². The first-order valence-corrected chi connectivity index (χ1v) is 12.7. The van der Waals surface area contributed by atoms with Crippen LogP contribution in [-0.4, -0.2) is 33.6 Å². The monoisotopic (exact) mass is 531 g/mol. The number of aromatic nitrogens is 4. The third-order valence-electron chi connectivity index (χ3n) is 5.67. The summed E-state index contributed by atoms with van der Waals surface area (Å²) >= 11 is 0. The Morgan fingerprint density at radius 2 is 1.79 bits per heavy atom. The number of nitrogen functional groups attached to an aromatic ring is 1. The number of nitrogens with one attached hydrogen (secondary N) is 2. The van der Waals surface area contributed by atoms with Crippen molar-refractivity contribution >= 4 is 50.5 Å². The van der Waals surface area contributed by atoms with Gasteiger partial charge < -0.3 is 20.8 Å². The van der Waals surface area contributed by atoms with Crippen molar-refractivity contribution in [2.45, 2.75) is 11.8 Å². The lowest BCUT2D eigenvalue weighted by Crippen LogP contribution is -2.32. The summed E-state index contributed by atoms with van der Waals surface area (Å²) in [6.07, 6.45) is 4.39. The third kappa shape index (κ3) is 4.77. The Balaban J connectivity index is 1.35. The number of anilines is 3. The van der Waals surface area contributed by atoms with Gasteiger partial charge in [-0.3, -0.25) is 4.79 Å². The second-order valence-electron chi connectivity index (χ2n) is 8.23. The number of benzene rings is 3. The van der Waals surface area contributed by atoms with Gasteiger partial charge in [-0.15, -0.1) is 10.2 Å². The minimum absolute atomic E-state index is 0.0211. The lowest BCUT2D eigenvalue weighted by atomic mass is 10.0. The summed E-state index contributed by atoms with van der Waals surface area (Å²) in [5, 5.41) is 26.3. The Bertz CT molecular complexity index is 1840. The van der Waals surface area contributed by atoms with Crippen molar-refractivity contribution in [2.24, 2.45) is 0 Å². The molecule has 192 valence electrons. The standard InChI is InChI=1S/C25H21N7O5S/c1-15-14-27-37-23(15)31-38(35,36)18-9-7-17(8-10-18)28-25-30-29-21(24(34)32(25)26)12-11-20-19-5-3-2-4-16(19)6-13-22(20)33/h2-14,31,33H,26H2,1H3,(H,28,30)/b12-11+. The number of rotatable bonds is 7. The van der Waals surface area contributed by atoms with Gasteiger partial charge >= 0.3 is 0 Å². The molecule has 0 amide bonds. The van der Waals surface area contributed by atoms with Crippen molar-refractivity contribution in [3.05, 3.63) is 94.0 Å². The summed E-state index contributed by atoms with van der Waals surface area (Å²) in [6.45, 7) is 1.66. The van der Waals surface area contributed by atoms with Gasteiger partial charge in [-0.25, -0.2) is 13.1 Å². The van der Waals surface area contributed by atoms with E-state index in [1.54, 1.807) is 25.1 Å². The maximum Gasteiger partial charge on any atom is 0.299 e. The van der Waals surface area contributed by atoms with Crippen molar-refractivity contribution in [1.29, 1.82) is 0 Å². The number of hydrogen-bond acceptors (Lipinski definition) is 10. The Labute approximate surface area is 216 Å². The smallest absolute Gasteiger partial charge is 0.299 e. The SMILES string of the molecule is Cc1cnoc1NS(=O)(=O)c1ccc(Nc2nnc(/C=C/c3c(O)ccc4ccccc34)c(=O)n2N)cc1. The summed E-state index contributed by atoms with van der Waals surface area (Å²) in [7, 11) is -3.91. The molecule has 2 heterocycles. The molecule has 5 aromatic rings. The summed E-state index contributed by atoms with van der Waals surface area (Å²) in [5.74, 6) is 5.96. The molecule has 38 heavy (non-hydrogen) atoms. The number of sulfonamides is 1. The van der Waals surface area contributed by atoms with Crippen LogP contribution < -0.4 is 21.4 Å². The molecule has 5 rings (SSSR count). The van der Waals surface area contributed by atoms with E-state index in [0.29, 0.717) is 16.8 Å². The molecule has 0 aliphatic heterocycles. The van der Waals surface area contributed by atoms with Crippen LogP contribution in [0.15, 0.2) is 81.1 Å². The Morgan fingerprint density at radius 1 is 1.03 bits per heavy atom. The minimum Gasteiger partial charge on any atom is -0.507 e. The number of aryl methyl sites for hydroxylation is 1. The zero-order valence-electron chi connectivity index (χ0n) is 19.9. The van der Waals surface area contributed by atoms with E-state index in [9.17, 15) is 18.3 Å². The van der Waals surface area contributed by atoms with Crippen LogP contribution in [0.25, 0.3) is 22.9 Å². The second kappa shape index (κ2) is 9.71. The number of nitrogens with zero attached hydrogens (tertiary/aromatic N) is 4. The van der Waals surface area contributed by atoms with Crippen LogP contribution in [0.4, 0.5) is 17.5 Å². The zero-order valence-corrected chi connectivity index (χ0v) is 20.7. The molecule has 12 nitrogen and oxygen atoms in total. The number of phenolic OH excluding ortho intramolecular Hbond substituents is 1. The van der Waals surface area contributed by atoms with E-state index in [1.807, 2.05) is 24.3 Å². The van der Waals surface area contributed by atoms with E-state index in [4.69, 9.17) is 10.4 Å². The van der Waals surface area contributed by atoms with E-state index < -0.39 is 15.6 Å². The summed E-state index contributed by atoms with van der Waals surface area (Å²) in [6, 6.07) is 16.5. The normalized spacial score (nSPS) is 11.7. The molecule has 0 aliphatic rings. The molecule has 0 radical (unpaired) electrons. The van der Waals surface area contributed by atoms with Gasteiger partial charge in [0.15, 0.2) is 5.69 Å². The number of fused-ring (bicyclic) bond motifs is 1. The van der Waals surface area contributed by atoms with E-state index in [1.165, 1.54) is 36.5 Å². The molecule has 0 fully saturated rings. The molecule has 13 heteroatoms. The van der Waals surface area contributed by atoms with Crippen molar-refractivity contribution in [3.8, 4) is 5.75 Å². The molecular formula is C25H21N7O5S. The van der Waals surface area contributed by atoms with Crippen LogP contribution in [0.3, 0.4) is 0 Å². The van der Waals surface area contributed by atoms with Gasteiger partial charge in [0.05, 0.1) is 11.1 Å². The first-order chi connectivity index (χ1) is 18.2. The van der Waals surface area contributed by atoms with E-state index in [-0.39, 0.29) is 28.2 Å². The molecule has 0 saturated heterocycles. The Kier molecular flexibility index (Phi) is 6.26. The fourth-order valence-corrected chi connectivity index (χ4v) is 4.69. The number of hydrogen-bond donors (Lipinski definition) is 4. The highest BCUT2D eigenvalue weighted by Crippen LogP contribution is 2.28. The number of phenols is 1. The molecule has 0 bridgehead atoms. The van der Waals surface area contributed by atoms with Crippen molar-refractivity contribution < 1.29 is 18.0 Å². The largest absolute Gasteiger partial charge is 0.507 e. The van der Waals surface area contributed by atoms with E-state index >= 15 is 0 Å². The van der Waals surface area contributed by atoms with Crippen LogP contribution in [0.5, 0.6) is 5.75 Å². The summed E-state index contributed by atoms with van der Waals surface area (Å²) in [5.41, 5.74) is 0.804. The van der Waals surface area contributed by atoms with Gasteiger partial charge in [-0.1, -0.05) is 35.5 Å². The molecule has 3 aromatic carbocycles. The Hall–Kier alpha value is -5.17. The molecule has 0 aliphatic carbocycles. The Morgan fingerprint density at radius 3 is 2.53 bits per heavy atom. The lowest BCUT2D eigenvalue weighted by Gasteiger charge is -2.10. The van der Waals surface area contributed by atoms with E-state index in [2.05, 4.69) is 25.4 Å². The van der Waals surface area contributed by atoms with Gasteiger partial charge in [0.1, 0.15) is 5.75 Å². The maximum atomic E-state index is 12.8. The summed E-state index contributed by atoms with van der Waals surface area (Å²) in [4.78, 5) is 12.8. The predicted octanol–water partition coefficient (Wildman–Crippen LogP) is 3.22. The molecule has 0 saturated carbocycles. The molecule has 2 aromatic heterocycles. The van der Waals surface area contributed by atoms with Gasteiger partial charge in [0.2, 0.25) is 11.8 Å². The summed E-state index contributed by atoms with van der Waals surface area (Å²) < 4.78 is 33.2.